The minimum Gasteiger partial charge on any atom is -0.366 e. The number of aldehydes is 1. The molecule has 5 rings (SSSR count). The van der Waals surface area contributed by atoms with Gasteiger partial charge < -0.3 is 14.8 Å². The summed E-state index contributed by atoms with van der Waals surface area (Å²) >= 11 is 0. The number of benzene rings is 2. The summed E-state index contributed by atoms with van der Waals surface area (Å²) < 4.78 is 25.9. The maximum atomic E-state index is 13.9. The molecule has 2 aromatic carbocycles. The molecule has 1 N–H and O–H groups in total. The van der Waals surface area contributed by atoms with Crippen LogP contribution in [0.1, 0.15) is 78.0 Å². The van der Waals surface area contributed by atoms with Crippen molar-refractivity contribution in [3.8, 4) is 11.1 Å². The second-order valence-electron chi connectivity index (χ2n) is 9.67. The van der Waals surface area contributed by atoms with Crippen molar-refractivity contribution in [1.29, 1.82) is 0 Å². The molecule has 1 saturated carbocycles. The van der Waals surface area contributed by atoms with Crippen molar-refractivity contribution in [2.24, 2.45) is 0 Å². The van der Waals surface area contributed by atoms with Crippen LogP contribution in [0.15, 0.2) is 54.6 Å². The SMILES string of the molecule is O=Cc1c(C2CCCC2)nc(NCc2ccccc2)c(COC2CCCCO2)c1-c1ccc(F)cc1. The normalized spacial score (nSPS) is 18.3. The van der Waals surface area contributed by atoms with Crippen molar-refractivity contribution in [2.45, 2.75) is 70.3 Å². The first-order chi connectivity index (χ1) is 17.7. The van der Waals surface area contributed by atoms with E-state index in [1.807, 2.05) is 18.2 Å². The van der Waals surface area contributed by atoms with Crippen LogP contribution in [0.2, 0.25) is 0 Å². The zero-order chi connectivity index (χ0) is 24.7. The Hall–Kier alpha value is -3.09. The van der Waals surface area contributed by atoms with Crippen molar-refractivity contribution >= 4 is 12.1 Å². The number of carbonyl (C=O) groups is 1. The predicted molar refractivity (Wildman–Crippen MR) is 138 cm³/mol. The second kappa shape index (κ2) is 11.8. The van der Waals surface area contributed by atoms with Crippen LogP contribution in [0.5, 0.6) is 0 Å². The minimum absolute atomic E-state index is 0.235. The van der Waals surface area contributed by atoms with Crippen LogP contribution in [0, 0.1) is 5.82 Å². The lowest BCUT2D eigenvalue weighted by atomic mass is 9.89. The summed E-state index contributed by atoms with van der Waals surface area (Å²) in [6.45, 7) is 1.52. The fraction of sp³-hybridized carbons (Fsp3) is 0.400. The molecule has 5 nitrogen and oxygen atoms in total. The van der Waals surface area contributed by atoms with Gasteiger partial charge in [-0.25, -0.2) is 9.37 Å². The van der Waals surface area contributed by atoms with Gasteiger partial charge in [-0.3, -0.25) is 4.79 Å². The van der Waals surface area contributed by atoms with Crippen molar-refractivity contribution < 1.29 is 18.7 Å². The van der Waals surface area contributed by atoms with Crippen LogP contribution in [-0.2, 0) is 22.6 Å². The summed E-state index contributed by atoms with van der Waals surface area (Å²) in [6.07, 6.45) is 7.87. The fourth-order valence-electron chi connectivity index (χ4n) is 5.32. The van der Waals surface area contributed by atoms with Gasteiger partial charge in [-0.15, -0.1) is 0 Å². The number of nitrogens with zero attached hydrogens (tertiary/aromatic N) is 1. The number of nitrogens with one attached hydrogen (secondary N) is 1. The molecule has 0 radical (unpaired) electrons. The van der Waals surface area contributed by atoms with E-state index in [0.717, 1.165) is 79.2 Å². The number of carbonyl (C=O) groups excluding carboxylic acids is 1. The molecule has 36 heavy (non-hydrogen) atoms. The summed E-state index contributed by atoms with van der Waals surface area (Å²) in [7, 11) is 0. The van der Waals surface area contributed by atoms with E-state index in [1.54, 1.807) is 12.1 Å². The first kappa shape index (κ1) is 24.6. The number of rotatable bonds is 9. The van der Waals surface area contributed by atoms with Crippen LogP contribution in [0.3, 0.4) is 0 Å². The van der Waals surface area contributed by atoms with Gasteiger partial charge in [0.2, 0.25) is 0 Å². The number of hydrogen-bond donors (Lipinski definition) is 1. The number of aromatic nitrogens is 1. The third-order valence-electron chi connectivity index (χ3n) is 7.21. The van der Waals surface area contributed by atoms with Gasteiger partial charge >= 0.3 is 0 Å². The van der Waals surface area contributed by atoms with Gasteiger partial charge in [-0.05, 0) is 55.4 Å². The second-order valence-corrected chi connectivity index (χ2v) is 9.67. The molecule has 3 aromatic rings. The Labute approximate surface area is 212 Å². The topological polar surface area (TPSA) is 60.5 Å². The van der Waals surface area contributed by atoms with Gasteiger partial charge in [-0.2, -0.15) is 0 Å². The molecule has 0 amide bonds. The average Bonchev–Trinajstić information content (AvgIpc) is 3.47. The van der Waals surface area contributed by atoms with E-state index in [9.17, 15) is 9.18 Å². The molecule has 1 unspecified atom stereocenters. The van der Waals surface area contributed by atoms with Crippen LogP contribution in [-0.4, -0.2) is 24.2 Å². The highest BCUT2D eigenvalue weighted by molar-refractivity contribution is 5.92. The van der Waals surface area contributed by atoms with Gasteiger partial charge in [0, 0.05) is 35.8 Å². The highest BCUT2D eigenvalue weighted by atomic mass is 19.1. The largest absolute Gasteiger partial charge is 0.366 e. The molecule has 1 saturated heterocycles. The molecule has 0 spiro atoms. The quantitative estimate of drug-likeness (QED) is 0.328. The summed E-state index contributed by atoms with van der Waals surface area (Å²) in [5, 5.41) is 3.53. The number of halogens is 1. The lowest BCUT2D eigenvalue weighted by molar-refractivity contribution is -0.168. The first-order valence-corrected chi connectivity index (χ1v) is 13.0. The average molecular weight is 489 g/mol. The van der Waals surface area contributed by atoms with Gasteiger partial charge in [-0.1, -0.05) is 55.3 Å². The zero-order valence-corrected chi connectivity index (χ0v) is 20.5. The third kappa shape index (κ3) is 5.66. The van der Waals surface area contributed by atoms with E-state index in [1.165, 1.54) is 12.1 Å². The Balaban J connectivity index is 1.60. The number of ether oxygens (including phenoxy) is 2. The Morgan fingerprint density at radius 2 is 1.75 bits per heavy atom. The molecule has 2 fully saturated rings. The van der Waals surface area contributed by atoms with Crippen molar-refractivity contribution in [3.05, 3.63) is 82.8 Å². The Kier molecular flexibility index (Phi) is 8.04. The standard InChI is InChI=1S/C30H33FN2O3/c31-24-15-13-22(14-16-24)28-25(19-34)29(23-10-4-5-11-23)33-30(32-18-21-8-2-1-3-9-21)26(28)20-36-27-12-6-7-17-35-27/h1-3,8-9,13-16,19,23,27H,4-7,10-12,17-18,20H2,(H,32,33). The molecule has 1 aromatic heterocycles. The van der Waals surface area contributed by atoms with Crippen LogP contribution >= 0.6 is 0 Å². The number of anilines is 1. The molecular weight excluding hydrogens is 455 g/mol. The number of hydrogen-bond acceptors (Lipinski definition) is 5. The molecule has 6 heteroatoms. The maximum Gasteiger partial charge on any atom is 0.158 e. The Morgan fingerprint density at radius 3 is 2.44 bits per heavy atom. The van der Waals surface area contributed by atoms with E-state index in [0.29, 0.717) is 24.5 Å². The summed E-state index contributed by atoms with van der Waals surface area (Å²) in [5.41, 5.74) is 4.90. The van der Waals surface area contributed by atoms with Crippen molar-refractivity contribution in [2.75, 3.05) is 11.9 Å². The zero-order valence-electron chi connectivity index (χ0n) is 20.5. The smallest absolute Gasteiger partial charge is 0.158 e. The minimum atomic E-state index is -0.313. The molecule has 2 heterocycles. The fourth-order valence-corrected chi connectivity index (χ4v) is 5.32. The monoisotopic (exact) mass is 488 g/mol. The molecular formula is C30H33FN2O3. The van der Waals surface area contributed by atoms with Crippen LogP contribution in [0.4, 0.5) is 10.2 Å². The third-order valence-corrected chi connectivity index (χ3v) is 7.21. The van der Waals surface area contributed by atoms with Crippen molar-refractivity contribution in [3.63, 3.8) is 0 Å². The summed E-state index contributed by atoms with van der Waals surface area (Å²) in [4.78, 5) is 17.7. The van der Waals surface area contributed by atoms with E-state index in [2.05, 4.69) is 17.4 Å². The van der Waals surface area contributed by atoms with Gasteiger partial charge in [0.05, 0.1) is 12.3 Å². The van der Waals surface area contributed by atoms with E-state index in [-0.39, 0.29) is 24.6 Å². The summed E-state index contributed by atoms with van der Waals surface area (Å²) in [5.74, 6) is 0.632. The molecule has 1 atom stereocenters. The Bertz CT molecular complexity index is 1160. The highest BCUT2D eigenvalue weighted by Crippen LogP contribution is 2.41. The first-order valence-electron chi connectivity index (χ1n) is 13.0. The van der Waals surface area contributed by atoms with E-state index in [4.69, 9.17) is 14.5 Å². The Morgan fingerprint density at radius 1 is 1.00 bits per heavy atom. The van der Waals surface area contributed by atoms with Gasteiger partial charge in [0.1, 0.15) is 11.6 Å². The molecule has 1 aliphatic carbocycles. The van der Waals surface area contributed by atoms with Gasteiger partial charge in [0.15, 0.2) is 12.6 Å². The molecule has 0 bridgehead atoms. The van der Waals surface area contributed by atoms with E-state index >= 15 is 0 Å². The van der Waals surface area contributed by atoms with Crippen molar-refractivity contribution in [1.82, 2.24) is 4.98 Å². The molecule has 2 aliphatic rings. The van der Waals surface area contributed by atoms with Gasteiger partial charge in [0.25, 0.3) is 0 Å². The molecule has 1 aliphatic heterocycles. The predicted octanol–water partition coefficient (Wildman–Crippen LogP) is 7.01. The summed E-state index contributed by atoms with van der Waals surface area (Å²) in [6, 6.07) is 16.5. The van der Waals surface area contributed by atoms with Crippen LogP contribution in [0.25, 0.3) is 11.1 Å². The lowest BCUT2D eigenvalue weighted by Crippen LogP contribution is -2.23. The van der Waals surface area contributed by atoms with Crippen LogP contribution < -0.4 is 5.32 Å². The maximum absolute atomic E-state index is 13.9. The van der Waals surface area contributed by atoms with E-state index < -0.39 is 0 Å². The number of pyridine rings is 1. The lowest BCUT2D eigenvalue weighted by Gasteiger charge is -2.26. The highest BCUT2D eigenvalue weighted by Gasteiger charge is 2.28. The molecule has 188 valence electrons.